The minimum atomic E-state index is -4.09. The van der Waals surface area contributed by atoms with Gasteiger partial charge >= 0.3 is 5.51 Å². The van der Waals surface area contributed by atoms with Crippen molar-refractivity contribution in [3.63, 3.8) is 0 Å². The van der Waals surface area contributed by atoms with Gasteiger partial charge in [0.15, 0.2) is 0 Å². The topological polar surface area (TPSA) is 12.0 Å². The molecule has 0 heterocycles. The van der Waals surface area contributed by atoms with Gasteiger partial charge in [0.05, 0.1) is 0 Å². The first-order valence-corrected chi connectivity index (χ1v) is 7.02. The molecule has 0 radical (unpaired) electrons. The van der Waals surface area contributed by atoms with E-state index >= 15 is 0 Å². The van der Waals surface area contributed by atoms with Gasteiger partial charge in [-0.2, -0.15) is 13.2 Å². The first kappa shape index (κ1) is 17.1. The Kier molecular flexibility index (Phi) is 7.56. The second-order valence-electron chi connectivity index (χ2n) is 5.56. The van der Waals surface area contributed by atoms with E-state index in [1.807, 2.05) is 13.8 Å². The first-order valence-electron chi connectivity index (χ1n) is 6.04. The Hall–Kier alpha value is 0.100. The van der Waals surface area contributed by atoms with Gasteiger partial charge in [0.1, 0.15) is 0 Å². The molecule has 0 rings (SSSR count). The van der Waals surface area contributed by atoms with Crippen LogP contribution in [0.15, 0.2) is 0 Å². The van der Waals surface area contributed by atoms with Crippen molar-refractivity contribution in [3.8, 4) is 0 Å². The van der Waals surface area contributed by atoms with E-state index in [1.165, 1.54) is 0 Å². The van der Waals surface area contributed by atoms with Gasteiger partial charge in [0, 0.05) is 5.75 Å². The summed E-state index contributed by atoms with van der Waals surface area (Å²) in [6.07, 6.45) is 1.51. The number of hydrogen-bond acceptors (Lipinski definition) is 2. The summed E-state index contributed by atoms with van der Waals surface area (Å²) >= 11 is 0.0841. The monoisotopic (exact) mass is 271 g/mol. The van der Waals surface area contributed by atoms with Crippen molar-refractivity contribution in [2.24, 2.45) is 11.3 Å². The maximum absolute atomic E-state index is 12.0. The summed E-state index contributed by atoms with van der Waals surface area (Å²) in [6, 6.07) is 0. The average Bonchev–Trinajstić information content (AvgIpc) is 2.09. The Bertz CT molecular complexity index is 202. The van der Waals surface area contributed by atoms with Gasteiger partial charge in [-0.05, 0) is 37.3 Å². The lowest BCUT2D eigenvalue weighted by atomic mass is 9.86. The third-order valence-corrected chi connectivity index (χ3v) is 3.31. The molecular weight excluding hydrogens is 247 g/mol. The average molecular weight is 271 g/mol. The highest BCUT2D eigenvalue weighted by atomic mass is 32.2. The van der Waals surface area contributed by atoms with Gasteiger partial charge in [0.2, 0.25) is 0 Å². The van der Waals surface area contributed by atoms with Gasteiger partial charge in [-0.25, -0.2) is 0 Å². The van der Waals surface area contributed by atoms with Gasteiger partial charge in [-0.1, -0.05) is 39.5 Å². The zero-order valence-electron chi connectivity index (χ0n) is 11.2. The lowest BCUT2D eigenvalue weighted by Crippen LogP contribution is -2.26. The predicted octanol–water partition coefficient (Wildman–Crippen LogP) is 4.29. The first-order chi connectivity index (χ1) is 7.62. The Morgan fingerprint density at radius 1 is 1.12 bits per heavy atom. The third-order valence-electron chi connectivity index (χ3n) is 2.58. The van der Waals surface area contributed by atoms with Crippen LogP contribution in [0, 0.1) is 11.3 Å². The van der Waals surface area contributed by atoms with Crippen LogP contribution in [0.1, 0.15) is 40.5 Å². The number of halogens is 3. The van der Waals surface area contributed by atoms with Gasteiger partial charge < -0.3 is 5.32 Å². The quantitative estimate of drug-likeness (QED) is 0.661. The molecule has 17 heavy (non-hydrogen) atoms. The normalized spacial score (nSPS) is 13.4. The van der Waals surface area contributed by atoms with Crippen LogP contribution in [0.25, 0.3) is 0 Å². The molecule has 5 heteroatoms. The zero-order chi connectivity index (χ0) is 13.5. The van der Waals surface area contributed by atoms with Crippen LogP contribution in [-0.4, -0.2) is 24.4 Å². The van der Waals surface area contributed by atoms with Crippen LogP contribution >= 0.6 is 11.8 Å². The molecule has 0 bridgehead atoms. The molecule has 1 N–H and O–H groups in total. The van der Waals surface area contributed by atoms with Crippen LogP contribution < -0.4 is 5.32 Å². The standard InChI is InChI=1S/C12H24F3NS/c1-10(2)9-16-7-5-11(3,4)6-8-17-12(13,14)15/h10,16H,5-9H2,1-4H3. The molecule has 0 fully saturated rings. The molecule has 1 nitrogen and oxygen atoms in total. The summed E-state index contributed by atoms with van der Waals surface area (Å²) in [6.45, 7) is 10.2. The Balaban J connectivity index is 3.65. The summed E-state index contributed by atoms with van der Waals surface area (Å²) in [7, 11) is 0. The van der Waals surface area contributed by atoms with Crippen molar-refractivity contribution < 1.29 is 13.2 Å². The highest BCUT2D eigenvalue weighted by Gasteiger charge is 2.29. The number of alkyl halides is 3. The van der Waals surface area contributed by atoms with Crippen molar-refractivity contribution >= 4 is 11.8 Å². The molecule has 0 saturated heterocycles. The van der Waals surface area contributed by atoms with Crippen molar-refractivity contribution in [2.75, 3.05) is 18.8 Å². The summed E-state index contributed by atoms with van der Waals surface area (Å²) in [4.78, 5) is 0. The van der Waals surface area contributed by atoms with E-state index in [2.05, 4.69) is 19.2 Å². The van der Waals surface area contributed by atoms with Crippen molar-refractivity contribution in [1.29, 1.82) is 0 Å². The molecule has 0 amide bonds. The fraction of sp³-hybridized carbons (Fsp3) is 1.00. The molecule has 0 aromatic rings. The smallest absolute Gasteiger partial charge is 0.316 e. The van der Waals surface area contributed by atoms with E-state index in [9.17, 15) is 13.2 Å². The summed E-state index contributed by atoms with van der Waals surface area (Å²) in [5.41, 5.74) is -4.12. The second kappa shape index (κ2) is 7.52. The van der Waals surface area contributed by atoms with E-state index in [-0.39, 0.29) is 22.9 Å². The summed E-state index contributed by atoms with van der Waals surface area (Å²) in [5.74, 6) is 0.764. The van der Waals surface area contributed by atoms with E-state index < -0.39 is 5.51 Å². The van der Waals surface area contributed by atoms with E-state index in [4.69, 9.17) is 0 Å². The molecule has 0 saturated carbocycles. The molecule has 104 valence electrons. The highest BCUT2D eigenvalue weighted by molar-refractivity contribution is 8.00. The SMILES string of the molecule is CC(C)CNCCC(C)(C)CCSC(F)(F)F. The number of nitrogens with one attached hydrogen (secondary N) is 1. The van der Waals surface area contributed by atoms with Crippen molar-refractivity contribution in [3.05, 3.63) is 0 Å². The summed E-state index contributed by atoms with van der Waals surface area (Å²) < 4.78 is 35.9. The maximum Gasteiger partial charge on any atom is 0.441 e. The molecule has 0 aliphatic heterocycles. The van der Waals surface area contributed by atoms with Gasteiger partial charge in [-0.15, -0.1) is 0 Å². The number of hydrogen-bond donors (Lipinski definition) is 1. The van der Waals surface area contributed by atoms with Crippen LogP contribution in [-0.2, 0) is 0 Å². The molecule has 0 aromatic carbocycles. The Morgan fingerprint density at radius 3 is 2.18 bits per heavy atom. The van der Waals surface area contributed by atoms with Crippen molar-refractivity contribution in [2.45, 2.75) is 46.0 Å². The molecule has 0 aliphatic carbocycles. The van der Waals surface area contributed by atoms with Crippen LogP contribution in [0.3, 0.4) is 0 Å². The molecular formula is C12H24F3NS. The molecule has 0 aliphatic rings. The minimum absolute atomic E-state index is 0.0256. The predicted molar refractivity (Wildman–Crippen MR) is 69.2 cm³/mol. The minimum Gasteiger partial charge on any atom is -0.316 e. The second-order valence-corrected chi connectivity index (χ2v) is 6.72. The maximum atomic E-state index is 12.0. The van der Waals surface area contributed by atoms with E-state index in [0.717, 1.165) is 19.5 Å². The van der Waals surface area contributed by atoms with Crippen molar-refractivity contribution in [1.82, 2.24) is 5.32 Å². The molecule has 0 atom stereocenters. The highest BCUT2D eigenvalue weighted by Crippen LogP contribution is 2.34. The van der Waals surface area contributed by atoms with E-state index in [0.29, 0.717) is 12.3 Å². The summed E-state index contributed by atoms with van der Waals surface area (Å²) in [5, 5.41) is 3.32. The molecule has 0 aromatic heterocycles. The fourth-order valence-corrected chi connectivity index (χ4v) is 2.27. The van der Waals surface area contributed by atoms with E-state index in [1.54, 1.807) is 0 Å². The lowest BCUT2D eigenvalue weighted by Gasteiger charge is -2.25. The van der Waals surface area contributed by atoms with Gasteiger partial charge in [0.25, 0.3) is 0 Å². The number of thioether (sulfide) groups is 1. The largest absolute Gasteiger partial charge is 0.441 e. The molecule has 0 unspecified atom stereocenters. The Morgan fingerprint density at radius 2 is 1.71 bits per heavy atom. The lowest BCUT2D eigenvalue weighted by molar-refractivity contribution is -0.0328. The Labute approximate surface area is 107 Å². The van der Waals surface area contributed by atoms with Crippen LogP contribution in [0.2, 0.25) is 0 Å². The van der Waals surface area contributed by atoms with Crippen LogP contribution in [0.5, 0.6) is 0 Å². The number of rotatable bonds is 8. The molecule has 0 spiro atoms. The fourth-order valence-electron chi connectivity index (χ4n) is 1.39. The zero-order valence-corrected chi connectivity index (χ0v) is 12.0. The van der Waals surface area contributed by atoms with Crippen LogP contribution in [0.4, 0.5) is 13.2 Å². The van der Waals surface area contributed by atoms with Gasteiger partial charge in [-0.3, -0.25) is 0 Å². The third kappa shape index (κ3) is 12.3.